The van der Waals surface area contributed by atoms with Crippen LogP contribution in [0.4, 0.5) is 0 Å². The summed E-state index contributed by atoms with van der Waals surface area (Å²) < 4.78 is 5.89. The minimum atomic E-state index is -0.816. The summed E-state index contributed by atoms with van der Waals surface area (Å²) in [6, 6.07) is 6.86. The third-order valence-electron chi connectivity index (χ3n) is 4.54. The number of hydrogen-bond acceptors (Lipinski definition) is 4. The van der Waals surface area contributed by atoms with Crippen LogP contribution in [0.3, 0.4) is 0 Å². The predicted octanol–water partition coefficient (Wildman–Crippen LogP) is 2.14. The van der Waals surface area contributed by atoms with Crippen LogP contribution in [0.25, 0.3) is 0 Å². The molecule has 1 aromatic carbocycles. The molecule has 1 aromatic rings. The molecule has 22 heavy (non-hydrogen) atoms. The molecule has 3 rings (SSSR count). The minimum Gasteiger partial charge on any atom is -0.485 e. The maximum Gasteiger partial charge on any atom is 0.223 e. The van der Waals surface area contributed by atoms with Gasteiger partial charge in [-0.3, -0.25) is 4.79 Å². The molecule has 0 radical (unpaired) electrons. The molecule has 2 atom stereocenters. The molecule has 5 heteroatoms. The van der Waals surface area contributed by atoms with Crippen LogP contribution in [0.1, 0.15) is 50.3 Å². The Morgan fingerprint density at radius 1 is 1.41 bits per heavy atom. The van der Waals surface area contributed by atoms with E-state index in [0.29, 0.717) is 24.3 Å². The summed E-state index contributed by atoms with van der Waals surface area (Å²) in [5.41, 5.74) is 0.472. The Kier molecular flexibility index (Phi) is 3.57. The first-order valence-electron chi connectivity index (χ1n) is 7.64. The standard InChI is InChI=1S/C17H20N2O3/c1-17(2)16(21)15(19-8-4-3-5-14(19)20)12-7-6-11(10-18)9-13(12)22-17/h6-7,9,15-16,21H,3-5,8H2,1-2H3/t15-,16+/m1/s1. The fourth-order valence-corrected chi connectivity index (χ4v) is 3.29. The quantitative estimate of drug-likeness (QED) is 0.862. The van der Waals surface area contributed by atoms with Crippen molar-refractivity contribution in [1.82, 2.24) is 4.90 Å². The number of fused-ring (bicyclic) bond motifs is 1. The van der Waals surface area contributed by atoms with E-state index in [9.17, 15) is 9.90 Å². The topological polar surface area (TPSA) is 73.6 Å². The highest BCUT2D eigenvalue weighted by Gasteiger charge is 2.46. The van der Waals surface area contributed by atoms with Crippen LogP contribution in [0.2, 0.25) is 0 Å². The van der Waals surface area contributed by atoms with E-state index in [-0.39, 0.29) is 5.91 Å². The van der Waals surface area contributed by atoms with E-state index in [1.807, 2.05) is 0 Å². The summed E-state index contributed by atoms with van der Waals surface area (Å²) in [5, 5.41) is 19.8. The highest BCUT2D eigenvalue weighted by atomic mass is 16.5. The van der Waals surface area contributed by atoms with E-state index in [1.54, 1.807) is 36.9 Å². The van der Waals surface area contributed by atoms with E-state index in [1.165, 1.54) is 0 Å². The van der Waals surface area contributed by atoms with Crippen molar-refractivity contribution < 1.29 is 14.6 Å². The number of likely N-dealkylation sites (tertiary alicyclic amines) is 1. The van der Waals surface area contributed by atoms with E-state index >= 15 is 0 Å². The van der Waals surface area contributed by atoms with E-state index in [0.717, 1.165) is 18.4 Å². The molecule has 5 nitrogen and oxygen atoms in total. The van der Waals surface area contributed by atoms with Gasteiger partial charge in [0, 0.05) is 18.5 Å². The first-order chi connectivity index (χ1) is 10.4. The highest BCUT2D eigenvalue weighted by molar-refractivity contribution is 5.77. The van der Waals surface area contributed by atoms with Crippen LogP contribution in [0, 0.1) is 11.3 Å². The number of carbonyl (C=O) groups excluding carboxylic acids is 1. The fourth-order valence-electron chi connectivity index (χ4n) is 3.29. The van der Waals surface area contributed by atoms with Crippen molar-refractivity contribution >= 4 is 5.91 Å². The second-order valence-corrected chi connectivity index (χ2v) is 6.50. The molecule has 2 aliphatic rings. The van der Waals surface area contributed by atoms with Crippen LogP contribution in [0.5, 0.6) is 5.75 Å². The van der Waals surface area contributed by atoms with Crippen molar-refractivity contribution in [1.29, 1.82) is 5.26 Å². The summed E-state index contributed by atoms with van der Waals surface area (Å²) in [6.07, 6.45) is 1.56. The summed E-state index contributed by atoms with van der Waals surface area (Å²) in [5.74, 6) is 0.654. The van der Waals surface area contributed by atoms with Crippen LogP contribution >= 0.6 is 0 Å². The van der Waals surface area contributed by atoms with Gasteiger partial charge in [-0.1, -0.05) is 6.07 Å². The lowest BCUT2D eigenvalue weighted by atomic mass is 9.84. The Balaban J connectivity index is 2.08. The van der Waals surface area contributed by atoms with Gasteiger partial charge in [0.25, 0.3) is 0 Å². The monoisotopic (exact) mass is 300 g/mol. The average molecular weight is 300 g/mol. The zero-order valence-corrected chi connectivity index (χ0v) is 12.9. The van der Waals surface area contributed by atoms with Gasteiger partial charge in [0.15, 0.2) is 0 Å². The SMILES string of the molecule is CC1(C)Oc2cc(C#N)ccc2[C@@H](N2CCCCC2=O)[C@@H]1O. The zero-order chi connectivity index (χ0) is 15.9. The van der Waals surface area contributed by atoms with Gasteiger partial charge in [0.2, 0.25) is 5.91 Å². The third kappa shape index (κ3) is 2.34. The predicted molar refractivity (Wildman–Crippen MR) is 80.2 cm³/mol. The number of carbonyl (C=O) groups is 1. The summed E-state index contributed by atoms with van der Waals surface area (Å²) in [4.78, 5) is 14.1. The number of nitriles is 1. The molecular formula is C17H20N2O3. The Labute approximate surface area is 130 Å². The zero-order valence-electron chi connectivity index (χ0n) is 12.9. The minimum absolute atomic E-state index is 0.0725. The number of amides is 1. The number of hydrogen-bond donors (Lipinski definition) is 1. The van der Waals surface area contributed by atoms with Gasteiger partial charge in [-0.15, -0.1) is 0 Å². The molecule has 0 saturated carbocycles. The first kappa shape index (κ1) is 14.9. The smallest absolute Gasteiger partial charge is 0.223 e. The Morgan fingerprint density at radius 2 is 2.18 bits per heavy atom. The van der Waals surface area contributed by atoms with Crippen LogP contribution in [0.15, 0.2) is 18.2 Å². The van der Waals surface area contributed by atoms with Gasteiger partial charge in [-0.2, -0.15) is 5.26 Å². The number of aliphatic hydroxyl groups is 1. The maximum absolute atomic E-state index is 12.3. The van der Waals surface area contributed by atoms with E-state index < -0.39 is 17.7 Å². The number of nitrogens with zero attached hydrogens (tertiary/aromatic N) is 2. The lowest BCUT2D eigenvalue weighted by Crippen LogP contribution is -2.55. The van der Waals surface area contributed by atoms with Crippen LogP contribution in [-0.2, 0) is 4.79 Å². The van der Waals surface area contributed by atoms with Gasteiger partial charge in [0.05, 0.1) is 17.7 Å². The number of aliphatic hydroxyl groups excluding tert-OH is 1. The van der Waals surface area contributed by atoms with E-state index in [2.05, 4.69) is 6.07 Å². The van der Waals surface area contributed by atoms with Crippen molar-refractivity contribution in [2.75, 3.05) is 6.54 Å². The molecule has 0 spiro atoms. The molecule has 1 N–H and O–H groups in total. The maximum atomic E-state index is 12.3. The molecule has 0 aromatic heterocycles. The molecule has 0 aliphatic carbocycles. The summed E-state index contributed by atoms with van der Waals surface area (Å²) in [7, 11) is 0. The number of ether oxygens (including phenoxy) is 1. The summed E-state index contributed by atoms with van der Waals surface area (Å²) in [6.45, 7) is 4.26. The Bertz CT molecular complexity index is 648. The highest BCUT2D eigenvalue weighted by Crippen LogP contribution is 2.44. The Hall–Kier alpha value is -2.06. The second kappa shape index (κ2) is 5.29. The summed E-state index contributed by atoms with van der Waals surface area (Å²) >= 11 is 0. The fraction of sp³-hybridized carbons (Fsp3) is 0.529. The number of rotatable bonds is 1. The largest absolute Gasteiger partial charge is 0.485 e. The van der Waals surface area contributed by atoms with Crippen molar-refractivity contribution in [2.45, 2.75) is 50.9 Å². The molecule has 0 unspecified atom stereocenters. The lowest BCUT2D eigenvalue weighted by Gasteiger charge is -2.47. The van der Waals surface area contributed by atoms with Crippen molar-refractivity contribution in [2.24, 2.45) is 0 Å². The van der Waals surface area contributed by atoms with Gasteiger partial charge in [-0.25, -0.2) is 0 Å². The van der Waals surface area contributed by atoms with Gasteiger partial charge >= 0.3 is 0 Å². The van der Waals surface area contributed by atoms with Gasteiger partial charge < -0.3 is 14.7 Å². The average Bonchev–Trinajstić information content (AvgIpc) is 2.49. The molecule has 116 valence electrons. The second-order valence-electron chi connectivity index (χ2n) is 6.50. The molecule has 1 amide bonds. The van der Waals surface area contributed by atoms with Crippen molar-refractivity contribution in [3.8, 4) is 11.8 Å². The van der Waals surface area contributed by atoms with Gasteiger partial charge in [0.1, 0.15) is 17.5 Å². The first-order valence-corrected chi connectivity index (χ1v) is 7.64. The molecule has 0 bridgehead atoms. The van der Waals surface area contributed by atoms with Crippen LogP contribution in [-0.4, -0.2) is 34.2 Å². The Morgan fingerprint density at radius 3 is 2.86 bits per heavy atom. The van der Waals surface area contributed by atoms with E-state index in [4.69, 9.17) is 10.00 Å². The number of benzene rings is 1. The molecule has 1 saturated heterocycles. The van der Waals surface area contributed by atoms with Gasteiger partial charge in [-0.05, 0) is 38.8 Å². The molecular weight excluding hydrogens is 280 g/mol. The molecule has 2 aliphatic heterocycles. The molecule has 1 fully saturated rings. The van der Waals surface area contributed by atoms with Crippen LogP contribution < -0.4 is 4.74 Å². The number of piperidine rings is 1. The third-order valence-corrected chi connectivity index (χ3v) is 4.54. The lowest BCUT2D eigenvalue weighted by molar-refractivity contribution is -0.147. The van der Waals surface area contributed by atoms with Crippen molar-refractivity contribution in [3.05, 3.63) is 29.3 Å². The van der Waals surface area contributed by atoms with Crippen molar-refractivity contribution in [3.63, 3.8) is 0 Å². The normalized spacial score (nSPS) is 26.8. The molecule has 2 heterocycles.